The average Bonchev–Trinajstić information content (AvgIpc) is 3.14. The van der Waals surface area contributed by atoms with Crippen LogP contribution in [0.25, 0.3) is 10.6 Å². The molecule has 0 spiro atoms. The number of piperidine rings is 2. The van der Waals surface area contributed by atoms with Gasteiger partial charge < -0.3 is 9.64 Å². The molecule has 2 atom stereocenters. The number of pyridine rings is 1. The van der Waals surface area contributed by atoms with Crippen molar-refractivity contribution in [2.75, 3.05) is 6.61 Å². The normalized spacial score (nSPS) is 24.2. The van der Waals surface area contributed by atoms with Crippen LogP contribution in [0.1, 0.15) is 41.0 Å². The van der Waals surface area contributed by atoms with E-state index in [9.17, 15) is 9.18 Å². The van der Waals surface area contributed by atoms with Crippen molar-refractivity contribution < 1.29 is 13.9 Å². The number of carbonyl (C=O) groups is 1. The first-order valence-electron chi connectivity index (χ1n) is 11.0. The topological polar surface area (TPSA) is 55.3 Å². The van der Waals surface area contributed by atoms with E-state index in [2.05, 4.69) is 16.9 Å². The Morgan fingerprint density at radius 2 is 1.91 bits per heavy atom. The van der Waals surface area contributed by atoms with Gasteiger partial charge in [0.1, 0.15) is 23.9 Å². The Morgan fingerprint density at radius 3 is 2.62 bits per heavy atom. The van der Waals surface area contributed by atoms with Gasteiger partial charge in [-0.15, -0.1) is 11.3 Å². The maximum atomic E-state index is 13.9. The monoisotopic (exact) mass is 451 g/mol. The van der Waals surface area contributed by atoms with E-state index in [1.165, 1.54) is 23.5 Å². The summed E-state index contributed by atoms with van der Waals surface area (Å²) in [6.07, 6.45) is 2.06. The lowest BCUT2D eigenvalue weighted by Gasteiger charge is -2.57. The summed E-state index contributed by atoms with van der Waals surface area (Å²) in [5.41, 5.74) is 2.18. The minimum atomic E-state index is -0.294. The molecule has 1 aliphatic carbocycles. The Hall–Kier alpha value is -2.80. The number of nitrogens with zero attached hydrogens (tertiary/aromatic N) is 3. The summed E-state index contributed by atoms with van der Waals surface area (Å²) < 4.78 is 19.2. The van der Waals surface area contributed by atoms with Crippen molar-refractivity contribution in [3.05, 3.63) is 64.7 Å². The molecular weight excluding hydrogens is 425 g/mol. The van der Waals surface area contributed by atoms with E-state index in [4.69, 9.17) is 4.74 Å². The number of ether oxygens (including phenoxy) is 1. The summed E-state index contributed by atoms with van der Waals surface area (Å²) in [6.45, 7) is 6.46. The highest BCUT2D eigenvalue weighted by atomic mass is 32.1. The van der Waals surface area contributed by atoms with Gasteiger partial charge in [-0.2, -0.15) is 0 Å². The van der Waals surface area contributed by atoms with E-state index in [-0.39, 0.29) is 23.8 Å². The van der Waals surface area contributed by atoms with E-state index in [0.717, 1.165) is 34.1 Å². The fraction of sp³-hybridized carbons (Fsp3) is 0.400. The predicted molar refractivity (Wildman–Crippen MR) is 122 cm³/mol. The minimum absolute atomic E-state index is 0.0460. The standard InChI is InChI=1S/C25H26FN3O2S/c1-14-5-4-6-21(27-14)24-23(28-16(3)32-24)25(30)29-19-11-17(12-19)15(2)22(29)13-31-20-9-7-18(26)8-10-20/h4-10,15,17,19,22H,11-13H2,1-3H3. The molecule has 166 valence electrons. The fourth-order valence-electron chi connectivity index (χ4n) is 4.92. The van der Waals surface area contributed by atoms with Crippen molar-refractivity contribution >= 4 is 17.2 Å². The number of thiazole rings is 1. The number of rotatable bonds is 5. The lowest BCUT2D eigenvalue weighted by Crippen LogP contribution is -2.64. The molecule has 3 aromatic rings. The van der Waals surface area contributed by atoms with Gasteiger partial charge >= 0.3 is 0 Å². The van der Waals surface area contributed by atoms with Crippen LogP contribution in [0, 0.1) is 31.5 Å². The van der Waals surface area contributed by atoms with Crippen LogP contribution < -0.4 is 4.74 Å². The van der Waals surface area contributed by atoms with Gasteiger partial charge in [0.25, 0.3) is 5.91 Å². The van der Waals surface area contributed by atoms with Gasteiger partial charge in [-0.1, -0.05) is 13.0 Å². The van der Waals surface area contributed by atoms with Crippen LogP contribution in [0.2, 0.25) is 0 Å². The summed E-state index contributed by atoms with van der Waals surface area (Å²) in [5.74, 6) is 1.21. The number of halogens is 1. The first kappa shape index (κ1) is 21.1. The van der Waals surface area contributed by atoms with E-state index in [1.807, 2.05) is 36.9 Å². The number of aryl methyl sites for hydroxylation is 2. The van der Waals surface area contributed by atoms with E-state index in [0.29, 0.717) is 29.9 Å². The Bertz CT molecular complexity index is 1140. The maximum Gasteiger partial charge on any atom is 0.274 e. The van der Waals surface area contributed by atoms with Crippen LogP contribution in [0.3, 0.4) is 0 Å². The maximum absolute atomic E-state index is 13.9. The molecule has 7 heteroatoms. The largest absolute Gasteiger partial charge is 0.491 e. The molecular formula is C25H26FN3O2S. The Balaban J connectivity index is 1.44. The van der Waals surface area contributed by atoms with Gasteiger partial charge in [-0.25, -0.2) is 9.37 Å². The van der Waals surface area contributed by atoms with Crippen molar-refractivity contribution in [1.82, 2.24) is 14.9 Å². The third-order valence-electron chi connectivity index (χ3n) is 6.78. The minimum Gasteiger partial charge on any atom is -0.491 e. The molecule has 6 rings (SSSR count). The van der Waals surface area contributed by atoms with Gasteiger partial charge in [0.05, 0.1) is 21.6 Å². The number of amides is 1. The van der Waals surface area contributed by atoms with Crippen LogP contribution in [0.5, 0.6) is 5.75 Å². The molecule has 5 nitrogen and oxygen atoms in total. The lowest BCUT2D eigenvalue weighted by atomic mass is 9.64. The molecule has 2 saturated heterocycles. The molecule has 1 saturated carbocycles. The van der Waals surface area contributed by atoms with Crippen molar-refractivity contribution in [3.8, 4) is 16.3 Å². The predicted octanol–water partition coefficient (Wildman–Crippen LogP) is 5.28. The number of hydrogen-bond acceptors (Lipinski definition) is 5. The third-order valence-corrected chi connectivity index (χ3v) is 7.77. The second-order valence-electron chi connectivity index (χ2n) is 8.86. The van der Waals surface area contributed by atoms with Crippen LogP contribution >= 0.6 is 11.3 Å². The van der Waals surface area contributed by atoms with Crippen molar-refractivity contribution in [2.45, 2.75) is 45.7 Å². The highest BCUT2D eigenvalue weighted by molar-refractivity contribution is 7.15. The molecule has 2 aromatic heterocycles. The summed E-state index contributed by atoms with van der Waals surface area (Å²) in [7, 11) is 0. The van der Waals surface area contributed by atoms with Gasteiger partial charge in [-0.05, 0) is 74.9 Å². The Kier molecular flexibility index (Phi) is 5.45. The van der Waals surface area contributed by atoms with Crippen LogP contribution in [0.15, 0.2) is 42.5 Å². The second kappa shape index (κ2) is 8.28. The van der Waals surface area contributed by atoms with Crippen molar-refractivity contribution in [1.29, 1.82) is 0 Å². The molecule has 1 aromatic carbocycles. The number of carbonyl (C=O) groups excluding carboxylic acids is 1. The summed E-state index contributed by atoms with van der Waals surface area (Å²) >= 11 is 1.51. The molecule has 3 aliphatic rings. The van der Waals surface area contributed by atoms with Crippen LogP contribution in [-0.4, -0.2) is 39.5 Å². The fourth-order valence-corrected chi connectivity index (χ4v) is 5.80. The molecule has 3 fully saturated rings. The molecule has 1 amide bonds. The Morgan fingerprint density at radius 1 is 1.16 bits per heavy atom. The molecule has 2 unspecified atom stereocenters. The zero-order valence-corrected chi connectivity index (χ0v) is 19.2. The van der Waals surface area contributed by atoms with Gasteiger partial charge in [0.15, 0.2) is 0 Å². The number of aromatic nitrogens is 2. The van der Waals surface area contributed by atoms with Gasteiger partial charge in [-0.3, -0.25) is 9.78 Å². The quantitative estimate of drug-likeness (QED) is 0.530. The lowest BCUT2D eigenvalue weighted by molar-refractivity contribution is -0.0672. The van der Waals surface area contributed by atoms with Crippen molar-refractivity contribution in [3.63, 3.8) is 0 Å². The molecule has 0 N–H and O–H groups in total. The molecule has 0 radical (unpaired) electrons. The first-order chi connectivity index (χ1) is 15.4. The van der Waals surface area contributed by atoms with E-state index < -0.39 is 0 Å². The SMILES string of the molecule is Cc1cccc(-c2sc(C)nc2C(=O)N2C3CC(C3)C(C)C2COc2ccc(F)cc2)n1. The summed E-state index contributed by atoms with van der Waals surface area (Å²) in [5, 5.41) is 0.849. The van der Waals surface area contributed by atoms with Crippen LogP contribution in [-0.2, 0) is 0 Å². The van der Waals surface area contributed by atoms with E-state index in [1.54, 1.807) is 12.1 Å². The number of fused-ring (bicyclic) bond motifs is 2. The van der Waals surface area contributed by atoms with E-state index >= 15 is 0 Å². The second-order valence-corrected chi connectivity index (χ2v) is 10.1. The highest BCUT2D eigenvalue weighted by Crippen LogP contribution is 2.47. The highest BCUT2D eigenvalue weighted by Gasteiger charge is 2.51. The first-order valence-corrected chi connectivity index (χ1v) is 11.8. The van der Waals surface area contributed by atoms with Gasteiger partial charge in [0, 0.05) is 11.7 Å². The molecule has 32 heavy (non-hydrogen) atoms. The number of benzene rings is 1. The third kappa shape index (κ3) is 3.79. The zero-order chi connectivity index (χ0) is 22.4. The molecule has 2 bridgehead atoms. The summed E-state index contributed by atoms with van der Waals surface area (Å²) in [4.78, 5) is 26.0. The average molecular weight is 452 g/mol. The zero-order valence-electron chi connectivity index (χ0n) is 18.4. The Labute approximate surface area is 191 Å². The summed E-state index contributed by atoms with van der Waals surface area (Å²) in [6, 6.07) is 12.0. The smallest absolute Gasteiger partial charge is 0.274 e. The molecule has 4 heterocycles. The molecule has 2 aliphatic heterocycles. The van der Waals surface area contributed by atoms with Gasteiger partial charge in [0.2, 0.25) is 0 Å². The van der Waals surface area contributed by atoms with Crippen LogP contribution in [0.4, 0.5) is 4.39 Å². The number of hydrogen-bond donors (Lipinski definition) is 0. The van der Waals surface area contributed by atoms with Crippen molar-refractivity contribution in [2.24, 2.45) is 11.8 Å².